The van der Waals surface area contributed by atoms with E-state index in [-0.39, 0.29) is 23.1 Å². The van der Waals surface area contributed by atoms with Gasteiger partial charge in [0.25, 0.3) is 5.91 Å². The van der Waals surface area contributed by atoms with Crippen LogP contribution in [0.25, 0.3) is 5.69 Å². The van der Waals surface area contributed by atoms with Crippen molar-refractivity contribution in [3.8, 4) is 11.4 Å². The lowest BCUT2D eigenvalue weighted by Gasteiger charge is -2.29. The molecular weight excluding hydrogens is 478 g/mol. The Hall–Kier alpha value is -3.49. The molecular formula is C28H32F2N4O3. The summed E-state index contributed by atoms with van der Waals surface area (Å²) >= 11 is 0. The highest BCUT2D eigenvalue weighted by Crippen LogP contribution is 2.32. The van der Waals surface area contributed by atoms with Crippen LogP contribution in [0.2, 0.25) is 0 Å². The molecule has 1 fully saturated rings. The Morgan fingerprint density at radius 1 is 1.11 bits per heavy atom. The largest absolute Gasteiger partial charge is 0.490 e. The third kappa shape index (κ3) is 5.17. The zero-order chi connectivity index (χ0) is 26.1. The molecule has 2 aliphatic rings. The lowest BCUT2D eigenvalue weighted by Crippen LogP contribution is -2.28. The van der Waals surface area contributed by atoms with Crippen LogP contribution < -0.4 is 15.7 Å². The fraction of sp³-hybridized carbons (Fsp3) is 0.464. The molecule has 0 bridgehead atoms. The van der Waals surface area contributed by atoms with Crippen molar-refractivity contribution < 1.29 is 18.3 Å². The monoisotopic (exact) mass is 510 g/mol. The van der Waals surface area contributed by atoms with Crippen molar-refractivity contribution in [3.05, 3.63) is 69.4 Å². The zero-order valence-electron chi connectivity index (χ0n) is 21.2. The normalized spacial score (nSPS) is 16.8. The minimum Gasteiger partial charge on any atom is -0.490 e. The third-order valence-electron chi connectivity index (χ3n) is 7.56. The van der Waals surface area contributed by atoms with Gasteiger partial charge in [-0.15, -0.1) is 5.10 Å². The van der Waals surface area contributed by atoms with Crippen LogP contribution >= 0.6 is 0 Å². The predicted octanol–water partition coefficient (Wildman–Crippen LogP) is 5.56. The summed E-state index contributed by atoms with van der Waals surface area (Å²) in [6.45, 7) is 4.19. The Kier molecular flexibility index (Phi) is 7.13. The summed E-state index contributed by atoms with van der Waals surface area (Å²) in [5.41, 5.74) is 0.509. The molecule has 37 heavy (non-hydrogen) atoms. The second kappa shape index (κ2) is 10.5. The summed E-state index contributed by atoms with van der Waals surface area (Å²) in [7, 11) is 0. The van der Waals surface area contributed by atoms with Gasteiger partial charge in [0.2, 0.25) is 0 Å². The Labute approximate surface area is 214 Å². The van der Waals surface area contributed by atoms with Crippen molar-refractivity contribution in [1.82, 2.24) is 14.3 Å². The maximum atomic E-state index is 15.5. The van der Waals surface area contributed by atoms with Crippen LogP contribution in [-0.4, -0.2) is 26.4 Å². The predicted molar refractivity (Wildman–Crippen MR) is 136 cm³/mol. The van der Waals surface area contributed by atoms with Crippen molar-refractivity contribution in [1.29, 1.82) is 0 Å². The molecule has 9 heteroatoms. The molecule has 1 unspecified atom stereocenters. The van der Waals surface area contributed by atoms with Crippen LogP contribution in [0.3, 0.4) is 0 Å². The Balaban J connectivity index is 1.53. The molecule has 3 aromatic rings. The zero-order valence-corrected chi connectivity index (χ0v) is 21.2. The van der Waals surface area contributed by atoms with Gasteiger partial charge in [-0.2, -0.15) is 4.68 Å². The number of nitrogens with one attached hydrogen (secondary N) is 1. The van der Waals surface area contributed by atoms with Gasteiger partial charge in [0.15, 0.2) is 0 Å². The minimum absolute atomic E-state index is 0.00431. The fourth-order valence-electron chi connectivity index (χ4n) is 5.39. The topological polar surface area (TPSA) is 78.2 Å². The van der Waals surface area contributed by atoms with E-state index in [2.05, 4.69) is 10.4 Å². The number of ether oxygens (including phenoxy) is 1. The number of nitrogens with zero attached hydrogens (tertiary/aromatic N) is 3. The molecule has 1 aliphatic carbocycles. The summed E-state index contributed by atoms with van der Waals surface area (Å²) in [5.74, 6) is -0.616. The fourth-order valence-corrected chi connectivity index (χ4v) is 5.39. The number of anilines is 1. The van der Waals surface area contributed by atoms with Gasteiger partial charge in [-0.3, -0.25) is 9.36 Å². The number of fused-ring (bicyclic) bond motifs is 1. The summed E-state index contributed by atoms with van der Waals surface area (Å²) in [5, 5.41) is 7.13. The molecule has 5 rings (SSSR count). The van der Waals surface area contributed by atoms with E-state index in [0.717, 1.165) is 49.3 Å². The molecule has 0 spiro atoms. The molecule has 0 saturated heterocycles. The molecule has 1 aliphatic heterocycles. The first kappa shape index (κ1) is 25.2. The van der Waals surface area contributed by atoms with Gasteiger partial charge >= 0.3 is 5.69 Å². The first-order valence-corrected chi connectivity index (χ1v) is 13.1. The number of halogens is 2. The van der Waals surface area contributed by atoms with Gasteiger partial charge in [0.05, 0.1) is 11.7 Å². The van der Waals surface area contributed by atoms with Crippen molar-refractivity contribution in [2.45, 2.75) is 77.9 Å². The summed E-state index contributed by atoms with van der Waals surface area (Å²) < 4.78 is 38.0. The highest BCUT2D eigenvalue weighted by molar-refractivity contribution is 6.06. The van der Waals surface area contributed by atoms with Gasteiger partial charge in [-0.25, -0.2) is 13.6 Å². The van der Waals surface area contributed by atoms with Crippen molar-refractivity contribution in [3.63, 3.8) is 0 Å². The maximum Gasteiger partial charge on any atom is 0.350 e. The van der Waals surface area contributed by atoms with Crippen molar-refractivity contribution >= 4 is 11.6 Å². The lowest BCUT2D eigenvalue weighted by atomic mass is 9.86. The number of amides is 1. The average Bonchev–Trinajstić information content (AvgIpc) is 3.23. The molecule has 1 saturated carbocycles. The number of hydrogen-bond acceptors (Lipinski definition) is 4. The van der Waals surface area contributed by atoms with E-state index in [4.69, 9.17) is 4.74 Å². The standard InChI is InChI=1S/C28H32F2N4O3/c1-17-14-20(29)11-12-23(17)31-27(35)21-15-22(30)24(34-28(36)33-13-7-6-10-26(33)32-34)16-25(21)37-18(2)19-8-4-3-5-9-19/h11-12,14-16,18-19H,3-10,13H2,1-2H3,(H,31,35). The van der Waals surface area contributed by atoms with E-state index in [0.29, 0.717) is 36.0 Å². The number of aromatic nitrogens is 3. The smallest absolute Gasteiger partial charge is 0.350 e. The van der Waals surface area contributed by atoms with Gasteiger partial charge in [-0.1, -0.05) is 19.3 Å². The lowest BCUT2D eigenvalue weighted by molar-refractivity contribution is 0.0997. The molecule has 2 aromatic carbocycles. The molecule has 2 heterocycles. The van der Waals surface area contributed by atoms with Gasteiger partial charge in [-0.05, 0) is 75.3 Å². The summed E-state index contributed by atoms with van der Waals surface area (Å²) in [6.07, 6.45) is 7.75. The van der Waals surface area contributed by atoms with E-state index in [1.807, 2.05) is 6.92 Å². The Morgan fingerprint density at radius 2 is 1.89 bits per heavy atom. The first-order valence-electron chi connectivity index (χ1n) is 13.1. The molecule has 0 radical (unpaired) electrons. The summed E-state index contributed by atoms with van der Waals surface area (Å²) in [6, 6.07) is 6.53. The molecule has 1 atom stereocenters. The van der Waals surface area contributed by atoms with Crippen LogP contribution in [0.4, 0.5) is 14.5 Å². The number of benzene rings is 2. The average molecular weight is 511 g/mol. The highest BCUT2D eigenvalue weighted by atomic mass is 19.1. The van der Waals surface area contributed by atoms with Crippen LogP contribution in [0.1, 0.15) is 73.6 Å². The number of rotatable bonds is 6. The minimum atomic E-state index is -0.754. The molecule has 1 aromatic heterocycles. The Morgan fingerprint density at radius 3 is 2.62 bits per heavy atom. The first-order chi connectivity index (χ1) is 17.8. The number of carbonyl (C=O) groups is 1. The van der Waals surface area contributed by atoms with Gasteiger partial charge in [0.1, 0.15) is 28.9 Å². The maximum absolute atomic E-state index is 15.5. The Bertz CT molecular complexity index is 1370. The van der Waals surface area contributed by atoms with Crippen molar-refractivity contribution in [2.75, 3.05) is 5.32 Å². The summed E-state index contributed by atoms with van der Waals surface area (Å²) in [4.78, 5) is 26.3. The molecule has 7 nitrogen and oxygen atoms in total. The van der Waals surface area contributed by atoms with E-state index in [9.17, 15) is 14.0 Å². The van der Waals surface area contributed by atoms with Crippen molar-refractivity contribution in [2.24, 2.45) is 5.92 Å². The third-order valence-corrected chi connectivity index (χ3v) is 7.56. The van der Waals surface area contributed by atoms with Gasteiger partial charge < -0.3 is 10.1 Å². The SMILES string of the molecule is Cc1cc(F)ccc1NC(=O)c1cc(F)c(-n2nc3n(c2=O)CCCC3)cc1OC(C)C1CCCCC1. The van der Waals surface area contributed by atoms with Crippen LogP contribution in [0.5, 0.6) is 5.75 Å². The molecule has 1 N–H and O–H groups in total. The van der Waals surface area contributed by atoms with E-state index in [1.165, 1.54) is 30.7 Å². The van der Waals surface area contributed by atoms with Crippen LogP contribution in [0.15, 0.2) is 35.1 Å². The number of aryl methyl sites for hydroxylation is 2. The second-order valence-electron chi connectivity index (χ2n) is 10.2. The molecule has 196 valence electrons. The highest BCUT2D eigenvalue weighted by Gasteiger charge is 2.27. The number of carbonyl (C=O) groups excluding carboxylic acids is 1. The van der Waals surface area contributed by atoms with Crippen LogP contribution in [-0.2, 0) is 13.0 Å². The number of hydrogen-bond donors (Lipinski definition) is 1. The second-order valence-corrected chi connectivity index (χ2v) is 10.2. The van der Waals surface area contributed by atoms with Gasteiger partial charge in [0, 0.05) is 24.7 Å². The van der Waals surface area contributed by atoms with Crippen LogP contribution in [0, 0.1) is 24.5 Å². The molecule has 1 amide bonds. The quantitative estimate of drug-likeness (QED) is 0.471. The van der Waals surface area contributed by atoms with E-state index in [1.54, 1.807) is 11.5 Å². The van der Waals surface area contributed by atoms with E-state index < -0.39 is 23.2 Å². The van der Waals surface area contributed by atoms with E-state index >= 15 is 4.39 Å².